The fourth-order valence-electron chi connectivity index (χ4n) is 6.10. The lowest BCUT2D eigenvalue weighted by Crippen LogP contribution is -2.55. The van der Waals surface area contributed by atoms with E-state index in [4.69, 9.17) is 9.47 Å². The van der Waals surface area contributed by atoms with Crippen molar-refractivity contribution in [2.24, 2.45) is 11.8 Å². The van der Waals surface area contributed by atoms with Gasteiger partial charge in [-0.25, -0.2) is 0 Å². The second-order valence-electron chi connectivity index (χ2n) is 10.7. The number of nitrogens with zero attached hydrogens (tertiary/aromatic N) is 2. The molecule has 0 saturated carbocycles. The van der Waals surface area contributed by atoms with Gasteiger partial charge in [0.2, 0.25) is 17.7 Å². The van der Waals surface area contributed by atoms with Crippen LogP contribution in [-0.4, -0.2) is 95.2 Å². The molecule has 210 valence electrons. The van der Waals surface area contributed by atoms with Gasteiger partial charge in [0.25, 0.3) is 0 Å². The monoisotopic (exact) mass is 531 g/mol. The van der Waals surface area contributed by atoms with E-state index in [1.165, 1.54) is 0 Å². The fourth-order valence-corrected chi connectivity index (χ4v) is 6.10. The van der Waals surface area contributed by atoms with Crippen molar-refractivity contribution in [3.63, 3.8) is 0 Å². The zero-order valence-electron chi connectivity index (χ0n) is 22.5. The molecule has 0 aromatic heterocycles. The van der Waals surface area contributed by atoms with Gasteiger partial charge in [-0.3, -0.25) is 19.2 Å². The topological polar surface area (TPSA) is 125 Å². The van der Waals surface area contributed by atoms with E-state index in [2.05, 4.69) is 12.2 Å². The molecule has 0 aromatic rings. The van der Waals surface area contributed by atoms with Gasteiger partial charge in [-0.2, -0.15) is 0 Å². The molecule has 4 heterocycles. The number of likely N-dealkylation sites (tertiary alicyclic amines) is 1. The number of amides is 3. The number of fused-ring (bicyclic) bond motifs is 2. The smallest absolute Gasteiger partial charge is 0.313 e. The van der Waals surface area contributed by atoms with Crippen LogP contribution in [0.1, 0.15) is 58.8 Å². The molecule has 10 heteroatoms. The van der Waals surface area contributed by atoms with Crippen LogP contribution in [0.3, 0.4) is 0 Å². The van der Waals surface area contributed by atoms with Crippen LogP contribution < -0.4 is 5.32 Å². The van der Waals surface area contributed by atoms with Crippen molar-refractivity contribution in [2.75, 3.05) is 32.8 Å². The maximum atomic E-state index is 14.1. The molecule has 38 heavy (non-hydrogen) atoms. The fraction of sp³-hybridized carbons (Fsp3) is 0.714. The first-order valence-electron chi connectivity index (χ1n) is 14.0. The van der Waals surface area contributed by atoms with Gasteiger partial charge in [-0.1, -0.05) is 44.1 Å². The Morgan fingerprint density at radius 2 is 1.87 bits per heavy atom. The normalized spacial score (nSPS) is 34.4. The molecule has 0 aromatic carbocycles. The van der Waals surface area contributed by atoms with Crippen LogP contribution >= 0.6 is 0 Å². The van der Waals surface area contributed by atoms with Crippen LogP contribution in [0, 0.1) is 11.8 Å². The van der Waals surface area contributed by atoms with E-state index in [0.29, 0.717) is 38.9 Å². The summed E-state index contributed by atoms with van der Waals surface area (Å²) in [5.74, 6) is -3.02. The van der Waals surface area contributed by atoms with E-state index in [1.54, 1.807) is 28.9 Å². The van der Waals surface area contributed by atoms with Gasteiger partial charge in [0.05, 0.1) is 18.6 Å². The summed E-state index contributed by atoms with van der Waals surface area (Å²) in [6.45, 7) is 5.26. The second kappa shape index (κ2) is 12.4. The number of ether oxygens (including phenoxy) is 2. The molecule has 2 saturated heterocycles. The van der Waals surface area contributed by atoms with Gasteiger partial charge in [-0.15, -0.1) is 0 Å². The molecular formula is C28H41N3O7. The molecule has 1 spiro atoms. The summed E-state index contributed by atoms with van der Waals surface area (Å²) in [5, 5.41) is 12.1. The van der Waals surface area contributed by atoms with E-state index in [-0.39, 0.29) is 37.3 Å². The molecular weight excluding hydrogens is 490 g/mol. The number of aliphatic hydroxyl groups is 1. The lowest BCUT2D eigenvalue weighted by atomic mass is 9.78. The van der Waals surface area contributed by atoms with Gasteiger partial charge in [0, 0.05) is 32.7 Å². The van der Waals surface area contributed by atoms with Gasteiger partial charge >= 0.3 is 5.97 Å². The zero-order chi connectivity index (χ0) is 27.3. The van der Waals surface area contributed by atoms with E-state index >= 15 is 0 Å². The van der Waals surface area contributed by atoms with Gasteiger partial charge < -0.3 is 29.7 Å². The number of hydrogen-bond donors (Lipinski definition) is 2. The summed E-state index contributed by atoms with van der Waals surface area (Å²) in [6, 6.07) is -0.899. The predicted octanol–water partition coefficient (Wildman–Crippen LogP) is 1.33. The Morgan fingerprint density at radius 3 is 2.63 bits per heavy atom. The maximum Gasteiger partial charge on any atom is 0.313 e. The van der Waals surface area contributed by atoms with Crippen molar-refractivity contribution < 1.29 is 33.8 Å². The third kappa shape index (κ3) is 5.52. The molecule has 0 bridgehead atoms. The Labute approximate surface area is 224 Å². The Balaban J connectivity index is 1.72. The number of nitrogens with one attached hydrogen (secondary N) is 1. The molecule has 4 rings (SSSR count). The molecule has 2 fully saturated rings. The molecule has 0 unspecified atom stereocenters. The molecule has 0 radical (unpaired) electrons. The lowest BCUT2D eigenvalue weighted by molar-refractivity contribution is -0.158. The summed E-state index contributed by atoms with van der Waals surface area (Å²) in [6.07, 6.45) is 10.6. The first-order valence-corrected chi connectivity index (χ1v) is 14.0. The van der Waals surface area contributed by atoms with E-state index in [9.17, 15) is 24.3 Å². The number of cyclic esters (lactones) is 1. The standard InChI is InChI=1S/C28H41N3O7/c1-3-4-7-14-30-15-10-13-28-23(25(34)31(16-8-9-17-32)24(28)26(30)35)22-20(38-28)11-5-6-12-21(33)29-18-19(2)37-27(22)36/h5,10-11,13,19-20,22-24,32H,3-4,6-9,12,14-18H2,1-2H3,(H,29,33)/b11-5-/t19-,20-,22+,23+,24-,28+/m0/s1. The number of carbonyl (C=O) groups excluding carboxylic acids is 4. The minimum absolute atomic E-state index is 0.00892. The minimum Gasteiger partial charge on any atom is -0.460 e. The quantitative estimate of drug-likeness (QED) is 0.275. The lowest BCUT2D eigenvalue weighted by Gasteiger charge is -2.35. The van der Waals surface area contributed by atoms with E-state index in [0.717, 1.165) is 19.3 Å². The maximum absolute atomic E-state index is 14.1. The molecule has 10 nitrogen and oxygen atoms in total. The van der Waals surface area contributed by atoms with Crippen molar-refractivity contribution in [1.82, 2.24) is 15.1 Å². The van der Waals surface area contributed by atoms with Crippen molar-refractivity contribution in [3.8, 4) is 0 Å². The predicted molar refractivity (Wildman–Crippen MR) is 139 cm³/mol. The highest BCUT2D eigenvalue weighted by atomic mass is 16.6. The van der Waals surface area contributed by atoms with E-state index in [1.807, 2.05) is 12.2 Å². The third-order valence-corrected chi connectivity index (χ3v) is 7.96. The summed E-state index contributed by atoms with van der Waals surface area (Å²) < 4.78 is 12.3. The highest BCUT2D eigenvalue weighted by molar-refractivity contribution is 5.99. The Morgan fingerprint density at radius 1 is 1.08 bits per heavy atom. The van der Waals surface area contributed by atoms with Crippen molar-refractivity contribution in [2.45, 2.75) is 82.6 Å². The largest absolute Gasteiger partial charge is 0.460 e. The summed E-state index contributed by atoms with van der Waals surface area (Å²) >= 11 is 0. The number of unbranched alkanes of at least 4 members (excludes halogenated alkanes) is 3. The molecule has 4 aliphatic rings. The second-order valence-corrected chi connectivity index (χ2v) is 10.7. The average molecular weight is 532 g/mol. The molecule has 0 aliphatic carbocycles. The number of aliphatic hydroxyl groups excluding tert-OH is 1. The highest BCUT2D eigenvalue weighted by Gasteiger charge is 2.71. The third-order valence-electron chi connectivity index (χ3n) is 7.96. The SMILES string of the molecule is CCCCCN1CC=C[C@@]23O[C@H]4/C=C\CCC(=O)NC[C@H](C)OC(=O)[C@H]4[C@@H]2C(=O)N(CCCCO)[C@H]3C1=O. The van der Waals surface area contributed by atoms with Gasteiger partial charge in [-0.05, 0) is 32.6 Å². The van der Waals surface area contributed by atoms with Crippen molar-refractivity contribution >= 4 is 23.7 Å². The molecule has 3 amide bonds. The molecule has 6 atom stereocenters. The van der Waals surface area contributed by atoms with Crippen molar-refractivity contribution in [1.29, 1.82) is 0 Å². The first-order chi connectivity index (χ1) is 18.3. The molecule has 2 N–H and O–H groups in total. The highest BCUT2D eigenvalue weighted by Crippen LogP contribution is 2.53. The number of rotatable bonds is 8. The number of allylic oxidation sites excluding steroid dienone is 1. The first kappa shape index (κ1) is 28.3. The molecule has 4 aliphatic heterocycles. The van der Waals surface area contributed by atoms with Crippen molar-refractivity contribution in [3.05, 3.63) is 24.3 Å². The van der Waals surface area contributed by atoms with Gasteiger partial charge in [0.15, 0.2) is 0 Å². The van der Waals surface area contributed by atoms with Crippen LogP contribution in [-0.2, 0) is 28.7 Å². The minimum atomic E-state index is -1.30. The van der Waals surface area contributed by atoms with Gasteiger partial charge in [0.1, 0.15) is 23.7 Å². The summed E-state index contributed by atoms with van der Waals surface area (Å²) in [7, 11) is 0. The van der Waals surface area contributed by atoms with Crippen LogP contribution in [0.4, 0.5) is 0 Å². The Hall–Kier alpha value is -2.72. The average Bonchev–Trinajstić information content (AvgIpc) is 3.27. The van der Waals surface area contributed by atoms with Crippen LogP contribution in [0.25, 0.3) is 0 Å². The van der Waals surface area contributed by atoms with Crippen LogP contribution in [0.15, 0.2) is 24.3 Å². The zero-order valence-corrected chi connectivity index (χ0v) is 22.5. The summed E-state index contributed by atoms with van der Waals surface area (Å²) in [5.41, 5.74) is -1.30. The Bertz CT molecular complexity index is 966. The number of carbonyl (C=O) groups is 4. The number of esters is 1. The Kier molecular flexibility index (Phi) is 9.25. The summed E-state index contributed by atoms with van der Waals surface area (Å²) in [4.78, 5) is 57.1. The van der Waals surface area contributed by atoms with Crippen LogP contribution in [0.2, 0.25) is 0 Å². The van der Waals surface area contributed by atoms with E-state index < -0.39 is 41.7 Å². The van der Waals surface area contributed by atoms with Crippen LogP contribution in [0.5, 0.6) is 0 Å². The number of hydrogen-bond acceptors (Lipinski definition) is 7.